The van der Waals surface area contributed by atoms with E-state index in [0.29, 0.717) is 58.4 Å². The number of phenolic OH excluding ortho intramolecular Hbond substituents is 1. The van der Waals surface area contributed by atoms with Crippen LogP contribution < -0.4 is 4.74 Å². The highest BCUT2D eigenvalue weighted by molar-refractivity contribution is 5.62. The van der Waals surface area contributed by atoms with Gasteiger partial charge in [-0.2, -0.15) is 0 Å². The van der Waals surface area contributed by atoms with Crippen molar-refractivity contribution in [3.05, 3.63) is 23.3 Å². The van der Waals surface area contributed by atoms with Crippen molar-refractivity contribution in [3.8, 4) is 11.5 Å². The molecule has 9 nitrogen and oxygen atoms in total. The normalized spacial score (nSPS) is 33.6. The predicted molar refractivity (Wildman–Crippen MR) is 139 cm³/mol. The van der Waals surface area contributed by atoms with Crippen LogP contribution in [0.4, 0.5) is 0 Å². The SMILES string of the molecule is OCCOCCOCCOCCOC1CC[C@@]2(O)C3Cc4ccc(O)c5c4[C@@]2(CCN3CC2CCC2)[C@H]1O5. The van der Waals surface area contributed by atoms with E-state index >= 15 is 0 Å². The summed E-state index contributed by atoms with van der Waals surface area (Å²) >= 11 is 0. The molecule has 0 amide bonds. The van der Waals surface area contributed by atoms with Crippen LogP contribution in [0.3, 0.4) is 0 Å². The van der Waals surface area contributed by atoms with Gasteiger partial charge in [0.05, 0.1) is 70.0 Å². The van der Waals surface area contributed by atoms with Crippen LogP contribution in [-0.4, -0.2) is 110 Å². The molecule has 1 aromatic rings. The summed E-state index contributed by atoms with van der Waals surface area (Å²) in [6, 6.07) is 3.87. The van der Waals surface area contributed by atoms with E-state index in [1.54, 1.807) is 6.07 Å². The zero-order valence-corrected chi connectivity index (χ0v) is 22.3. The molecule has 9 heteroatoms. The molecule has 2 heterocycles. The van der Waals surface area contributed by atoms with Crippen LogP contribution in [0, 0.1) is 5.92 Å². The lowest BCUT2D eigenvalue weighted by Gasteiger charge is -2.64. The molecule has 5 atom stereocenters. The second-order valence-electron chi connectivity index (χ2n) is 11.7. The molecule has 3 fully saturated rings. The minimum atomic E-state index is -0.889. The average molecular weight is 534 g/mol. The molecule has 0 aromatic heterocycles. The number of aromatic hydroxyl groups is 1. The third kappa shape index (κ3) is 4.44. The Morgan fingerprint density at radius 1 is 0.947 bits per heavy atom. The van der Waals surface area contributed by atoms with Gasteiger partial charge in [-0.15, -0.1) is 0 Å². The van der Waals surface area contributed by atoms with Gasteiger partial charge < -0.3 is 39.0 Å². The third-order valence-corrected chi connectivity index (χ3v) is 9.78. The van der Waals surface area contributed by atoms with Crippen LogP contribution in [0.1, 0.15) is 49.7 Å². The van der Waals surface area contributed by atoms with Crippen LogP contribution in [0.25, 0.3) is 0 Å². The Bertz CT molecular complexity index is 972. The lowest BCUT2D eigenvalue weighted by Crippen LogP contribution is -2.77. The lowest BCUT2D eigenvalue weighted by molar-refractivity contribution is -0.218. The summed E-state index contributed by atoms with van der Waals surface area (Å²) in [5.41, 5.74) is 0.805. The van der Waals surface area contributed by atoms with E-state index in [1.165, 1.54) is 24.8 Å². The molecule has 2 bridgehead atoms. The van der Waals surface area contributed by atoms with E-state index in [0.717, 1.165) is 43.8 Å². The minimum Gasteiger partial charge on any atom is -0.504 e. The van der Waals surface area contributed by atoms with Crippen molar-refractivity contribution in [2.75, 3.05) is 65.9 Å². The van der Waals surface area contributed by atoms with Crippen LogP contribution >= 0.6 is 0 Å². The van der Waals surface area contributed by atoms with Gasteiger partial charge in [0.2, 0.25) is 0 Å². The van der Waals surface area contributed by atoms with E-state index in [9.17, 15) is 10.2 Å². The Hall–Kier alpha value is -1.46. The van der Waals surface area contributed by atoms with Gasteiger partial charge in [-0.25, -0.2) is 0 Å². The molecule has 2 aliphatic heterocycles. The number of likely N-dealkylation sites (tertiary alicyclic amines) is 1. The Labute approximate surface area is 225 Å². The number of hydrogen-bond acceptors (Lipinski definition) is 9. The fourth-order valence-corrected chi connectivity index (χ4v) is 7.85. The number of ether oxygens (including phenoxy) is 5. The first-order chi connectivity index (χ1) is 18.6. The first kappa shape index (κ1) is 26.7. The Morgan fingerprint density at radius 2 is 1.68 bits per heavy atom. The fraction of sp³-hybridized carbons (Fsp3) is 0.793. The predicted octanol–water partition coefficient (Wildman–Crippen LogP) is 1.77. The third-order valence-electron chi connectivity index (χ3n) is 9.78. The molecule has 2 saturated carbocycles. The standard InChI is InChI=1S/C29H43NO8/c31-10-11-34-12-13-35-14-15-36-16-17-37-23-6-7-29(33)24-18-21-4-5-22(32)26-25(21)28(29,27(23)38-26)8-9-30(24)19-20-2-1-3-20/h4-5,20,23-24,27,31-33H,1-3,6-19H2/t23?,24?,27-,28-,29+/m0/s1. The second kappa shape index (κ2) is 11.2. The van der Waals surface area contributed by atoms with Crippen molar-refractivity contribution in [2.45, 2.75) is 74.2 Å². The Morgan fingerprint density at radius 3 is 2.39 bits per heavy atom. The Balaban J connectivity index is 1.10. The van der Waals surface area contributed by atoms with E-state index in [-0.39, 0.29) is 30.6 Å². The van der Waals surface area contributed by atoms with Gasteiger partial charge in [0.1, 0.15) is 6.10 Å². The highest BCUT2D eigenvalue weighted by Gasteiger charge is 2.73. The maximum Gasteiger partial charge on any atom is 0.165 e. The van der Waals surface area contributed by atoms with Gasteiger partial charge in [-0.3, -0.25) is 4.90 Å². The molecule has 6 rings (SSSR count). The van der Waals surface area contributed by atoms with Crippen molar-refractivity contribution in [2.24, 2.45) is 5.92 Å². The zero-order chi connectivity index (χ0) is 26.2. The smallest absolute Gasteiger partial charge is 0.165 e. The highest BCUT2D eigenvalue weighted by atomic mass is 16.6. The van der Waals surface area contributed by atoms with E-state index < -0.39 is 11.0 Å². The first-order valence-electron chi connectivity index (χ1n) is 14.5. The van der Waals surface area contributed by atoms with Crippen molar-refractivity contribution in [3.63, 3.8) is 0 Å². The summed E-state index contributed by atoms with van der Waals surface area (Å²) in [5.74, 6) is 1.47. The monoisotopic (exact) mass is 533 g/mol. The average Bonchev–Trinajstić information content (AvgIpc) is 3.24. The van der Waals surface area contributed by atoms with Gasteiger partial charge in [-0.05, 0) is 62.6 Å². The minimum absolute atomic E-state index is 0.0181. The Kier molecular flexibility index (Phi) is 7.88. The number of benzene rings is 1. The molecular formula is C29H43NO8. The summed E-state index contributed by atoms with van der Waals surface area (Å²) in [6.07, 6.45) is 6.45. The van der Waals surface area contributed by atoms with Gasteiger partial charge in [-0.1, -0.05) is 12.5 Å². The molecule has 1 aromatic carbocycles. The van der Waals surface area contributed by atoms with E-state index in [1.807, 2.05) is 6.07 Å². The van der Waals surface area contributed by atoms with Crippen LogP contribution in [0.15, 0.2) is 12.1 Å². The van der Waals surface area contributed by atoms with Crippen molar-refractivity contribution in [1.82, 2.24) is 4.90 Å². The number of rotatable bonds is 14. The maximum absolute atomic E-state index is 12.5. The van der Waals surface area contributed by atoms with Crippen molar-refractivity contribution in [1.29, 1.82) is 0 Å². The summed E-state index contributed by atoms with van der Waals surface area (Å²) in [7, 11) is 0. The van der Waals surface area contributed by atoms with Gasteiger partial charge in [0, 0.05) is 18.2 Å². The van der Waals surface area contributed by atoms with Crippen molar-refractivity contribution < 1.29 is 39.0 Å². The molecule has 38 heavy (non-hydrogen) atoms. The zero-order valence-electron chi connectivity index (χ0n) is 22.3. The molecule has 1 saturated heterocycles. The summed E-state index contributed by atoms with van der Waals surface area (Å²) in [6.45, 7) is 5.13. The topological polar surface area (TPSA) is 110 Å². The molecule has 3 N–H and O–H groups in total. The molecule has 0 radical (unpaired) electrons. The lowest BCUT2D eigenvalue weighted by atomic mass is 9.48. The molecular weight excluding hydrogens is 490 g/mol. The fourth-order valence-electron chi connectivity index (χ4n) is 7.85. The van der Waals surface area contributed by atoms with Gasteiger partial charge in [0.15, 0.2) is 11.5 Å². The molecule has 5 aliphatic rings. The largest absolute Gasteiger partial charge is 0.504 e. The number of nitrogens with zero attached hydrogens (tertiary/aromatic N) is 1. The summed E-state index contributed by atoms with van der Waals surface area (Å²) in [5, 5.41) is 32.0. The van der Waals surface area contributed by atoms with Crippen LogP contribution in [0.2, 0.25) is 0 Å². The number of piperidine rings is 1. The molecule has 1 spiro atoms. The number of aliphatic hydroxyl groups is 2. The molecule has 212 valence electrons. The number of hydrogen-bond donors (Lipinski definition) is 3. The summed E-state index contributed by atoms with van der Waals surface area (Å²) < 4.78 is 29.2. The van der Waals surface area contributed by atoms with Crippen LogP contribution in [0.5, 0.6) is 11.5 Å². The maximum atomic E-state index is 12.5. The van der Waals surface area contributed by atoms with E-state index in [4.69, 9.17) is 28.8 Å². The summed E-state index contributed by atoms with van der Waals surface area (Å²) in [4.78, 5) is 2.57. The van der Waals surface area contributed by atoms with Crippen molar-refractivity contribution >= 4 is 0 Å². The molecule has 3 aliphatic carbocycles. The number of aliphatic hydroxyl groups excluding tert-OH is 1. The first-order valence-corrected chi connectivity index (χ1v) is 14.5. The number of phenols is 1. The van der Waals surface area contributed by atoms with Gasteiger partial charge >= 0.3 is 0 Å². The van der Waals surface area contributed by atoms with Crippen LogP contribution in [-0.2, 0) is 30.8 Å². The second-order valence-corrected chi connectivity index (χ2v) is 11.7. The van der Waals surface area contributed by atoms with E-state index in [2.05, 4.69) is 4.90 Å². The molecule has 2 unspecified atom stereocenters. The highest BCUT2D eigenvalue weighted by Crippen LogP contribution is 2.65. The quantitative estimate of drug-likeness (QED) is 0.308. The van der Waals surface area contributed by atoms with Gasteiger partial charge in [0.25, 0.3) is 0 Å².